The van der Waals surface area contributed by atoms with Crippen LogP contribution >= 0.6 is 0 Å². The van der Waals surface area contributed by atoms with E-state index < -0.39 is 0 Å². The second-order valence-electron chi connectivity index (χ2n) is 5.67. The molecular weight excluding hydrogens is 234 g/mol. The van der Waals surface area contributed by atoms with E-state index in [1.807, 2.05) is 0 Å². The molecule has 1 aliphatic heterocycles. The lowest BCUT2D eigenvalue weighted by Crippen LogP contribution is -2.44. The van der Waals surface area contributed by atoms with E-state index in [1.54, 1.807) is 0 Å². The van der Waals surface area contributed by atoms with Gasteiger partial charge >= 0.3 is 0 Å². The van der Waals surface area contributed by atoms with Crippen LogP contribution < -0.4 is 5.32 Å². The van der Waals surface area contributed by atoms with E-state index in [0.717, 1.165) is 13.0 Å². The molecule has 3 heteroatoms. The van der Waals surface area contributed by atoms with Crippen molar-refractivity contribution in [3.05, 3.63) is 36.0 Å². The molecular formula is C16H23N3. The summed E-state index contributed by atoms with van der Waals surface area (Å²) in [6, 6.07) is 9.21. The highest BCUT2D eigenvalue weighted by Crippen LogP contribution is 2.18. The molecule has 2 N–H and O–H groups in total. The summed E-state index contributed by atoms with van der Waals surface area (Å²) in [5.74, 6) is 0. The number of hydrogen-bond donors (Lipinski definition) is 2. The molecule has 1 atom stereocenters. The van der Waals surface area contributed by atoms with Crippen LogP contribution in [0.5, 0.6) is 0 Å². The molecule has 1 aliphatic rings. The largest absolute Gasteiger partial charge is 0.361 e. The number of aromatic amines is 1. The molecule has 0 saturated carbocycles. The number of nitrogens with one attached hydrogen (secondary N) is 2. The van der Waals surface area contributed by atoms with Crippen LogP contribution in [0.1, 0.15) is 18.4 Å². The van der Waals surface area contributed by atoms with Crippen molar-refractivity contribution in [1.29, 1.82) is 0 Å². The van der Waals surface area contributed by atoms with Crippen molar-refractivity contribution in [3.8, 4) is 0 Å². The minimum Gasteiger partial charge on any atom is -0.361 e. The smallest absolute Gasteiger partial charge is 0.0456 e. The zero-order valence-corrected chi connectivity index (χ0v) is 11.7. The van der Waals surface area contributed by atoms with Crippen LogP contribution in [0.2, 0.25) is 0 Å². The van der Waals surface area contributed by atoms with E-state index in [-0.39, 0.29) is 0 Å². The van der Waals surface area contributed by atoms with E-state index >= 15 is 0 Å². The van der Waals surface area contributed by atoms with Crippen molar-refractivity contribution in [3.63, 3.8) is 0 Å². The molecule has 0 spiro atoms. The lowest BCUT2D eigenvalue weighted by Gasteiger charge is -2.30. The van der Waals surface area contributed by atoms with Gasteiger partial charge in [-0.25, -0.2) is 0 Å². The predicted octanol–water partition coefficient (Wildman–Crippen LogP) is 2.39. The maximum absolute atomic E-state index is 3.70. The van der Waals surface area contributed by atoms with Gasteiger partial charge < -0.3 is 15.2 Å². The molecule has 1 unspecified atom stereocenters. The summed E-state index contributed by atoms with van der Waals surface area (Å²) >= 11 is 0. The first kappa shape index (κ1) is 12.7. The first-order valence-electron chi connectivity index (χ1n) is 7.30. The number of benzene rings is 1. The number of rotatable bonds is 4. The van der Waals surface area contributed by atoms with Gasteiger partial charge in [-0.15, -0.1) is 0 Å². The SMILES string of the molecule is CN1CCCC(NCCc2c[nH]c3ccccc23)C1. The van der Waals surface area contributed by atoms with Crippen LogP contribution in [-0.4, -0.2) is 42.6 Å². The Bertz CT molecular complexity index is 532. The van der Waals surface area contributed by atoms with Gasteiger partial charge in [-0.1, -0.05) is 18.2 Å². The lowest BCUT2D eigenvalue weighted by atomic mass is 10.1. The molecule has 0 aliphatic carbocycles. The van der Waals surface area contributed by atoms with E-state index in [1.165, 1.54) is 42.4 Å². The molecule has 0 amide bonds. The van der Waals surface area contributed by atoms with Gasteiger partial charge in [0.1, 0.15) is 0 Å². The number of nitrogens with zero attached hydrogens (tertiary/aromatic N) is 1. The Kier molecular flexibility index (Phi) is 3.85. The van der Waals surface area contributed by atoms with Crippen LogP contribution in [0, 0.1) is 0 Å². The third-order valence-corrected chi connectivity index (χ3v) is 4.13. The number of likely N-dealkylation sites (tertiary alicyclic amines) is 1. The fourth-order valence-electron chi connectivity index (χ4n) is 3.08. The molecule has 3 rings (SSSR count). The fourth-order valence-corrected chi connectivity index (χ4v) is 3.08. The maximum Gasteiger partial charge on any atom is 0.0456 e. The van der Waals surface area contributed by atoms with Crippen LogP contribution in [0.4, 0.5) is 0 Å². The number of likely N-dealkylation sites (N-methyl/N-ethyl adjacent to an activating group) is 1. The van der Waals surface area contributed by atoms with Gasteiger partial charge in [0.2, 0.25) is 0 Å². The number of hydrogen-bond acceptors (Lipinski definition) is 2. The minimum atomic E-state index is 0.670. The molecule has 19 heavy (non-hydrogen) atoms. The summed E-state index contributed by atoms with van der Waals surface area (Å²) in [7, 11) is 2.22. The van der Waals surface area contributed by atoms with Crippen LogP contribution in [0.25, 0.3) is 10.9 Å². The quantitative estimate of drug-likeness (QED) is 0.881. The Morgan fingerprint density at radius 3 is 3.16 bits per heavy atom. The van der Waals surface area contributed by atoms with E-state index in [4.69, 9.17) is 0 Å². The molecule has 3 nitrogen and oxygen atoms in total. The standard InChI is InChI=1S/C16H23N3/c1-19-10-4-5-14(12-19)17-9-8-13-11-18-16-7-3-2-6-15(13)16/h2-3,6-7,11,14,17-18H,4-5,8-10,12H2,1H3. The van der Waals surface area contributed by atoms with Crippen molar-refractivity contribution in [1.82, 2.24) is 15.2 Å². The molecule has 0 radical (unpaired) electrons. The normalized spacial score (nSPS) is 21.0. The third kappa shape index (κ3) is 2.99. The number of piperidine rings is 1. The number of H-pyrrole nitrogens is 1. The van der Waals surface area contributed by atoms with Gasteiger partial charge in [0.05, 0.1) is 0 Å². The zero-order chi connectivity index (χ0) is 13.1. The molecule has 2 aromatic rings. The highest BCUT2D eigenvalue weighted by atomic mass is 15.1. The van der Waals surface area contributed by atoms with Gasteiger partial charge in [-0.3, -0.25) is 0 Å². The van der Waals surface area contributed by atoms with Crippen molar-refractivity contribution < 1.29 is 0 Å². The molecule has 1 aromatic carbocycles. The van der Waals surface area contributed by atoms with Crippen LogP contribution in [0.15, 0.2) is 30.5 Å². The van der Waals surface area contributed by atoms with Crippen molar-refractivity contribution in [2.24, 2.45) is 0 Å². The van der Waals surface area contributed by atoms with E-state index in [2.05, 4.69) is 52.7 Å². The third-order valence-electron chi connectivity index (χ3n) is 4.13. The highest BCUT2D eigenvalue weighted by molar-refractivity contribution is 5.83. The number of fused-ring (bicyclic) bond motifs is 1. The van der Waals surface area contributed by atoms with E-state index in [0.29, 0.717) is 6.04 Å². The maximum atomic E-state index is 3.70. The summed E-state index contributed by atoms with van der Waals surface area (Å²) in [6.07, 6.45) is 5.89. The molecule has 102 valence electrons. The Hall–Kier alpha value is -1.32. The Balaban J connectivity index is 1.55. The Morgan fingerprint density at radius 1 is 1.37 bits per heavy atom. The highest BCUT2D eigenvalue weighted by Gasteiger charge is 2.16. The van der Waals surface area contributed by atoms with Crippen LogP contribution in [-0.2, 0) is 6.42 Å². The topological polar surface area (TPSA) is 31.1 Å². The molecule has 1 saturated heterocycles. The van der Waals surface area contributed by atoms with Gasteiger partial charge in [0.25, 0.3) is 0 Å². The first-order valence-corrected chi connectivity index (χ1v) is 7.30. The zero-order valence-electron chi connectivity index (χ0n) is 11.7. The average Bonchev–Trinajstić information content (AvgIpc) is 2.83. The summed E-state index contributed by atoms with van der Waals surface area (Å²) in [6.45, 7) is 3.51. The molecule has 1 aromatic heterocycles. The number of para-hydroxylation sites is 1. The second kappa shape index (κ2) is 5.76. The number of aromatic nitrogens is 1. The van der Waals surface area contributed by atoms with Gasteiger partial charge in [-0.2, -0.15) is 0 Å². The fraction of sp³-hybridized carbons (Fsp3) is 0.500. The van der Waals surface area contributed by atoms with Crippen molar-refractivity contribution in [2.75, 3.05) is 26.7 Å². The van der Waals surface area contributed by atoms with Gasteiger partial charge in [-0.05, 0) is 51.0 Å². The molecule has 0 bridgehead atoms. The predicted molar refractivity (Wildman–Crippen MR) is 80.5 cm³/mol. The second-order valence-corrected chi connectivity index (χ2v) is 5.67. The lowest BCUT2D eigenvalue weighted by molar-refractivity contribution is 0.228. The van der Waals surface area contributed by atoms with Crippen molar-refractivity contribution >= 4 is 10.9 Å². The Labute approximate surface area is 115 Å². The summed E-state index contributed by atoms with van der Waals surface area (Å²) in [5.41, 5.74) is 2.67. The van der Waals surface area contributed by atoms with Gasteiger partial charge in [0, 0.05) is 29.7 Å². The summed E-state index contributed by atoms with van der Waals surface area (Å²) in [4.78, 5) is 5.77. The summed E-state index contributed by atoms with van der Waals surface area (Å²) in [5, 5.41) is 5.07. The van der Waals surface area contributed by atoms with Crippen molar-refractivity contribution in [2.45, 2.75) is 25.3 Å². The first-order chi connectivity index (χ1) is 9.33. The monoisotopic (exact) mass is 257 g/mol. The average molecular weight is 257 g/mol. The minimum absolute atomic E-state index is 0.670. The van der Waals surface area contributed by atoms with Gasteiger partial charge in [0.15, 0.2) is 0 Å². The molecule has 2 heterocycles. The van der Waals surface area contributed by atoms with E-state index in [9.17, 15) is 0 Å². The Morgan fingerprint density at radius 2 is 2.26 bits per heavy atom. The summed E-state index contributed by atoms with van der Waals surface area (Å²) < 4.78 is 0. The molecule has 1 fully saturated rings. The van der Waals surface area contributed by atoms with Crippen LogP contribution in [0.3, 0.4) is 0 Å².